The van der Waals surface area contributed by atoms with Crippen molar-refractivity contribution in [3.8, 4) is 0 Å². The van der Waals surface area contributed by atoms with Gasteiger partial charge in [0, 0.05) is 18.8 Å². The third-order valence-electron chi connectivity index (χ3n) is 2.94. The van der Waals surface area contributed by atoms with Gasteiger partial charge in [0.05, 0.1) is 13.2 Å². The summed E-state index contributed by atoms with van der Waals surface area (Å²) in [6.45, 7) is 12.4. The Labute approximate surface area is 112 Å². The number of morpholine rings is 1. The molecule has 1 aliphatic rings. The summed E-state index contributed by atoms with van der Waals surface area (Å²) < 4.78 is 5.34. The Morgan fingerprint density at radius 2 is 1.56 bits per heavy atom. The minimum absolute atomic E-state index is 0.615. The van der Waals surface area contributed by atoms with Gasteiger partial charge in [-0.3, -0.25) is 0 Å². The molecule has 0 spiro atoms. The van der Waals surface area contributed by atoms with Gasteiger partial charge in [-0.05, 0) is 23.6 Å². The molecular weight excluding hydrogens is 222 g/mol. The van der Waals surface area contributed by atoms with Gasteiger partial charge in [-0.15, -0.1) is 0 Å². The van der Waals surface area contributed by atoms with E-state index in [0.717, 1.165) is 26.3 Å². The lowest BCUT2D eigenvalue weighted by Crippen LogP contribution is -2.36. The lowest BCUT2D eigenvalue weighted by molar-refractivity contribution is 0.122. The first-order chi connectivity index (χ1) is 8.69. The van der Waals surface area contributed by atoms with E-state index < -0.39 is 0 Å². The van der Waals surface area contributed by atoms with Crippen LogP contribution >= 0.6 is 0 Å². The number of anilines is 1. The Balaban J connectivity index is 0.000000492. The number of nitrogens with zero attached hydrogens (tertiary/aromatic N) is 1. The minimum atomic E-state index is 0.615. The van der Waals surface area contributed by atoms with Crippen molar-refractivity contribution in [2.24, 2.45) is 0 Å². The van der Waals surface area contributed by atoms with Crippen molar-refractivity contribution >= 4 is 5.69 Å². The van der Waals surface area contributed by atoms with Gasteiger partial charge in [0.15, 0.2) is 0 Å². The van der Waals surface area contributed by atoms with Crippen molar-refractivity contribution in [3.63, 3.8) is 0 Å². The van der Waals surface area contributed by atoms with Gasteiger partial charge in [0.25, 0.3) is 0 Å². The molecule has 0 N–H and O–H groups in total. The van der Waals surface area contributed by atoms with Crippen LogP contribution in [-0.4, -0.2) is 26.3 Å². The third kappa shape index (κ3) is 4.69. The minimum Gasteiger partial charge on any atom is -0.378 e. The molecule has 0 unspecified atom stereocenters. The fourth-order valence-corrected chi connectivity index (χ4v) is 1.89. The Bertz CT molecular complexity index is 312. The highest BCUT2D eigenvalue weighted by Crippen LogP contribution is 2.20. The zero-order valence-electron chi connectivity index (χ0n) is 12.3. The second-order valence-corrected chi connectivity index (χ2v) is 5.05. The van der Waals surface area contributed by atoms with E-state index >= 15 is 0 Å². The first-order valence-corrected chi connectivity index (χ1v) is 7.11. The summed E-state index contributed by atoms with van der Waals surface area (Å²) in [6.07, 6.45) is 1.25. The van der Waals surface area contributed by atoms with Crippen molar-refractivity contribution in [1.82, 2.24) is 0 Å². The number of hydrogen-bond donors (Lipinski definition) is 0. The van der Waals surface area contributed by atoms with Gasteiger partial charge >= 0.3 is 0 Å². The Kier molecular flexibility index (Phi) is 6.81. The van der Waals surface area contributed by atoms with Crippen LogP contribution in [0, 0.1) is 0 Å². The molecule has 0 amide bonds. The summed E-state index contributed by atoms with van der Waals surface area (Å²) in [7, 11) is 0. The maximum atomic E-state index is 5.34. The molecule has 0 atom stereocenters. The van der Waals surface area contributed by atoms with Crippen LogP contribution in [0.1, 0.15) is 45.6 Å². The summed E-state index contributed by atoms with van der Waals surface area (Å²) in [5.74, 6) is 0.615. The molecule has 1 aromatic carbocycles. The van der Waals surface area contributed by atoms with Crippen LogP contribution in [0.15, 0.2) is 24.3 Å². The molecule has 1 fully saturated rings. The molecule has 1 saturated heterocycles. The molecule has 2 heteroatoms. The third-order valence-corrected chi connectivity index (χ3v) is 2.94. The van der Waals surface area contributed by atoms with Crippen molar-refractivity contribution in [1.29, 1.82) is 0 Å². The monoisotopic (exact) mass is 249 g/mol. The van der Waals surface area contributed by atoms with E-state index in [9.17, 15) is 0 Å². The molecule has 0 bridgehead atoms. The second-order valence-electron chi connectivity index (χ2n) is 5.05. The molecule has 1 aromatic rings. The van der Waals surface area contributed by atoms with Gasteiger partial charge < -0.3 is 9.64 Å². The molecule has 2 nitrogen and oxygen atoms in total. The van der Waals surface area contributed by atoms with Crippen molar-refractivity contribution in [2.75, 3.05) is 31.2 Å². The first kappa shape index (κ1) is 15.0. The van der Waals surface area contributed by atoms with Crippen LogP contribution in [-0.2, 0) is 4.74 Å². The molecule has 102 valence electrons. The normalized spacial score (nSPS) is 15.3. The number of rotatable bonds is 2. The maximum Gasteiger partial charge on any atom is 0.0642 e. The summed E-state index contributed by atoms with van der Waals surface area (Å²) in [5, 5.41) is 0. The second kappa shape index (κ2) is 8.15. The molecule has 0 aromatic heterocycles. The van der Waals surface area contributed by atoms with Crippen LogP contribution in [0.3, 0.4) is 0 Å². The van der Waals surface area contributed by atoms with Gasteiger partial charge in [0.1, 0.15) is 0 Å². The summed E-state index contributed by atoms with van der Waals surface area (Å²) in [5.41, 5.74) is 2.73. The standard InChI is InChI=1S/C13H19NO.C3H8/c1-11(2)12-3-5-13(6-4-12)14-7-9-15-10-8-14;1-3-2/h3-6,11H,7-10H2,1-2H3;3H2,1-2H3. The van der Waals surface area contributed by atoms with Crippen LogP contribution < -0.4 is 4.90 Å². The van der Waals surface area contributed by atoms with Crippen molar-refractivity contribution < 1.29 is 4.74 Å². The van der Waals surface area contributed by atoms with Gasteiger partial charge in [-0.2, -0.15) is 0 Å². The van der Waals surface area contributed by atoms with E-state index in [1.54, 1.807) is 0 Å². The predicted molar refractivity (Wildman–Crippen MR) is 79.5 cm³/mol. The Hall–Kier alpha value is -1.02. The van der Waals surface area contributed by atoms with E-state index in [1.165, 1.54) is 17.7 Å². The largest absolute Gasteiger partial charge is 0.378 e. The molecule has 1 aliphatic heterocycles. The zero-order valence-corrected chi connectivity index (χ0v) is 12.3. The van der Waals surface area contributed by atoms with Gasteiger partial charge in [-0.25, -0.2) is 0 Å². The van der Waals surface area contributed by atoms with E-state index in [-0.39, 0.29) is 0 Å². The van der Waals surface area contributed by atoms with E-state index in [2.05, 4.69) is 56.9 Å². The molecule has 1 heterocycles. The van der Waals surface area contributed by atoms with Gasteiger partial charge in [0.2, 0.25) is 0 Å². The van der Waals surface area contributed by atoms with Crippen LogP contribution in [0.2, 0.25) is 0 Å². The molecule has 0 saturated carbocycles. The number of benzene rings is 1. The van der Waals surface area contributed by atoms with E-state index in [1.807, 2.05) is 0 Å². The highest BCUT2D eigenvalue weighted by molar-refractivity contribution is 5.48. The zero-order chi connectivity index (χ0) is 13.4. The molecule has 2 rings (SSSR count). The van der Waals surface area contributed by atoms with Crippen LogP contribution in [0.4, 0.5) is 5.69 Å². The topological polar surface area (TPSA) is 12.5 Å². The van der Waals surface area contributed by atoms with E-state index in [4.69, 9.17) is 4.74 Å². The maximum absolute atomic E-state index is 5.34. The lowest BCUT2D eigenvalue weighted by Gasteiger charge is -2.29. The summed E-state index contributed by atoms with van der Waals surface area (Å²) >= 11 is 0. The molecule has 0 radical (unpaired) electrons. The first-order valence-electron chi connectivity index (χ1n) is 7.11. The fourth-order valence-electron chi connectivity index (χ4n) is 1.89. The smallest absolute Gasteiger partial charge is 0.0642 e. The van der Waals surface area contributed by atoms with Crippen molar-refractivity contribution in [3.05, 3.63) is 29.8 Å². The predicted octanol–water partition coefficient (Wildman–Crippen LogP) is 4.06. The Morgan fingerprint density at radius 1 is 1.06 bits per heavy atom. The average Bonchev–Trinajstić information content (AvgIpc) is 2.41. The molecule has 0 aliphatic carbocycles. The Morgan fingerprint density at radius 3 is 2.00 bits per heavy atom. The summed E-state index contributed by atoms with van der Waals surface area (Å²) in [6, 6.07) is 8.91. The number of hydrogen-bond acceptors (Lipinski definition) is 2. The lowest BCUT2D eigenvalue weighted by atomic mass is 10.0. The fraction of sp³-hybridized carbons (Fsp3) is 0.625. The highest BCUT2D eigenvalue weighted by atomic mass is 16.5. The SMILES string of the molecule is CC(C)c1ccc(N2CCOCC2)cc1.CCC. The van der Waals surface area contributed by atoms with E-state index in [0.29, 0.717) is 5.92 Å². The number of ether oxygens (including phenoxy) is 1. The quantitative estimate of drug-likeness (QED) is 0.783. The van der Waals surface area contributed by atoms with Crippen LogP contribution in [0.5, 0.6) is 0 Å². The molecule has 18 heavy (non-hydrogen) atoms. The van der Waals surface area contributed by atoms with Crippen molar-refractivity contribution in [2.45, 2.75) is 40.0 Å². The van der Waals surface area contributed by atoms with Gasteiger partial charge in [-0.1, -0.05) is 46.2 Å². The summed E-state index contributed by atoms with van der Waals surface area (Å²) in [4.78, 5) is 2.38. The highest BCUT2D eigenvalue weighted by Gasteiger charge is 2.10. The molecular formula is C16H27NO. The van der Waals surface area contributed by atoms with Crippen LogP contribution in [0.25, 0.3) is 0 Å². The average molecular weight is 249 g/mol.